The minimum absolute atomic E-state index is 0.240. The van der Waals surface area contributed by atoms with Crippen molar-refractivity contribution in [2.45, 2.75) is 64.0 Å². The Morgan fingerprint density at radius 2 is 1.75 bits per heavy atom. The summed E-state index contributed by atoms with van der Waals surface area (Å²) >= 11 is 0. The molecule has 0 radical (unpaired) electrons. The molecule has 20 heavy (non-hydrogen) atoms. The number of benzene rings is 1. The Morgan fingerprint density at radius 3 is 2.55 bits per heavy atom. The molecule has 110 valence electrons. The first kappa shape index (κ1) is 14.1. The van der Waals surface area contributed by atoms with Crippen molar-refractivity contribution in [3.63, 3.8) is 0 Å². The van der Waals surface area contributed by atoms with Gasteiger partial charge in [-0.1, -0.05) is 24.6 Å². The van der Waals surface area contributed by atoms with Gasteiger partial charge in [-0.15, -0.1) is 0 Å². The van der Waals surface area contributed by atoms with E-state index in [1.54, 1.807) is 0 Å². The van der Waals surface area contributed by atoms with Crippen LogP contribution in [0.15, 0.2) is 18.2 Å². The van der Waals surface area contributed by atoms with Gasteiger partial charge in [0.05, 0.1) is 6.10 Å². The molecule has 1 aliphatic heterocycles. The molecule has 1 heterocycles. The van der Waals surface area contributed by atoms with Gasteiger partial charge >= 0.3 is 0 Å². The molecule has 1 N–H and O–H groups in total. The van der Waals surface area contributed by atoms with E-state index in [0.717, 1.165) is 19.5 Å². The lowest BCUT2D eigenvalue weighted by Crippen LogP contribution is -2.41. The van der Waals surface area contributed by atoms with Gasteiger partial charge in [0.25, 0.3) is 0 Å². The highest BCUT2D eigenvalue weighted by atomic mass is 16.3. The molecule has 2 aliphatic rings. The van der Waals surface area contributed by atoms with Gasteiger partial charge in [-0.25, -0.2) is 0 Å². The molecule has 1 fully saturated rings. The molecule has 1 saturated heterocycles. The SMILES string of the molecule is C[C@H]([C@H](O)c1cccc2c1CCCC2)N1CCCCC1. The Hall–Kier alpha value is -0.860. The molecule has 0 spiro atoms. The first-order valence-corrected chi connectivity index (χ1v) is 8.30. The topological polar surface area (TPSA) is 23.5 Å². The number of aliphatic hydroxyl groups is 1. The van der Waals surface area contributed by atoms with Gasteiger partial charge in [-0.2, -0.15) is 0 Å². The molecule has 1 aliphatic carbocycles. The van der Waals surface area contributed by atoms with Crippen LogP contribution in [0.2, 0.25) is 0 Å². The van der Waals surface area contributed by atoms with Crippen molar-refractivity contribution in [2.75, 3.05) is 13.1 Å². The van der Waals surface area contributed by atoms with E-state index in [1.807, 2.05) is 0 Å². The largest absolute Gasteiger partial charge is 0.387 e. The van der Waals surface area contributed by atoms with Crippen LogP contribution in [0.3, 0.4) is 0 Å². The van der Waals surface area contributed by atoms with Gasteiger partial charge in [0.1, 0.15) is 0 Å². The van der Waals surface area contributed by atoms with Crippen molar-refractivity contribution in [1.82, 2.24) is 4.90 Å². The number of hydrogen-bond acceptors (Lipinski definition) is 2. The van der Waals surface area contributed by atoms with E-state index in [1.165, 1.54) is 55.2 Å². The first-order valence-electron chi connectivity index (χ1n) is 8.30. The molecule has 3 rings (SSSR count). The number of rotatable bonds is 3. The normalized spacial score (nSPS) is 23.1. The lowest BCUT2D eigenvalue weighted by atomic mass is 9.85. The van der Waals surface area contributed by atoms with E-state index in [0.29, 0.717) is 0 Å². The standard InChI is InChI=1S/C18H27NO/c1-14(19-12-5-2-6-13-19)18(20)17-11-7-9-15-8-3-4-10-16(15)17/h7,9,11,14,18,20H,2-6,8,10,12-13H2,1H3/t14-,18+/m1/s1. The van der Waals surface area contributed by atoms with Gasteiger partial charge in [-0.3, -0.25) is 4.90 Å². The molecule has 0 aromatic heterocycles. The molecule has 2 nitrogen and oxygen atoms in total. The maximum absolute atomic E-state index is 10.9. The van der Waals surface area contributed by atoms with E-state index >= 15 is 0 Å². The lowest BCUT2D eigenvalue weighted by Gasteiger charge is -2.36. The molecule has 2 heteroatoms. The lowest BCUT2D eigenvalue weighted by molar-refractivity contribution is 0.0464. The zero-order chi connectivity index (χ0) is 13.9. The van der Waals surface area contributed by atoms with Crippen molar-refractivity contribution in [2.24, 2.45) is 0 Å². The molecule has 0 bridgehead atoms. The molecule has 0 saturated carbocycles. The third-order valence-electron chi connectivity index (χ3n) is 5.17. The fourth-order valence-corrected chi connectivity index (χ4v) is 3.87. The minimum Gasteiger partial charge on any atom is -0.387 e. The van der Waals surface area contributed by atoms with E-state index in [4.69, 9.17) is 0 Å². The predicted molar refractivity (Wildman–Crippen MR) is 82.9 cm³/mol. The number of likely N-dealkylation sites (tertiary alicyclic amines) is 1. The van der Waals surface area contributed by atoms with Crippen LogP contribution in [0.4, 0.5) is 0 Å². The van der Waals surface area contributed by atoms with Gasteiger partial charge < -0.3 is 5.11 Å². The molecule has 2 atom stereocenters. The summed E-state index contributed by atoms with van der Waals surface area (Å²) in [4.78, 5) is 2.47. The van der Waals surface area contributed by atoms with E-state index in [9.17, 15) is 5.11 Å². The Labute approximate surface area is 122 Å². The van der Waals surface area contributed by atoms with Crippen LogP contribution in [0.25, 0.3) is 0 Å². The maximum Gasteiger partial charge on any atom is 0.0945 e. The maximum atomic E-state index is 10.9. The minimum atomic E-state index is -0.332. The van der Waals surface area contributed by atoms with E-state index < -0.39 is 0 Å². The predicted octanol–water partition coefficient (Wildman–Crippen LogP) is 3.47. The smallest absolute Gasteiger partial charge is 0.0945 e. The summed E-state index contributed by atoms with van der Waals surface area (Å²) in [5.74, 6) is 0. The number of nitrogens with zero attached hydrogens (tertiary/aromatic N) is 1. The summed E-state index contributed by atoms with van der Waals surface area (Å²) in [6, 6.07) is 6.76. The monoisotopic (exact) mass is 273 g/mol. The van der Waals surface area contributed by atoms with Gasteiger partial charge in [0.2, 0.25) is 0 Å². The first-order chi connectivity index (χ1) is 9.77. The molecule has 0 unspecified atom stereocenters. The second-order valence-corrected chi connectivity index (χ2v) is 6.47. The number of aliphatic hydroxyl groups excluding tert-OH is 1. The van der Waals surface area contributed by atoms with Crippen molar-refractivity contribution in [1.29, 1.82) is 0 Å². The van der Waals surface area contributed by atoms with Crippen molar-refractivity contribution < 1.29 is 5.11 Å². The fraction of sp³-hybridized carbons (Fsp3) is 0.667. The molecule has 0 amide bonds. The van der Waals surface area contributed by atoms with Gasteiger partial charge in [0, 0.05) is 6.04 Å². The Morgan fingerprint density at radius 1 is 1.00 bits per heavy atom. The molecule has 1 aromatic rings. The zero-order valence-electron chi connectivity index (χ0n) is 12.6. The van der Waals surface area contributed by atoms with E-state index in [-0.39, 0.29) is 12.1 Å². The second-order valence-electron chi connectivity index (χ2n) is 6.47. The molecular weight excluding hydrogens is 246 g/mol. The summed E-state index contributed by atoms with van der Waals surface area (Å²) < 4.78 is 0. The van der Waals surface area contributed by atoms with Crippen LogP contribution in [0, 0.1) is 0 Å². The highest BCUT2D eigenvalue weighted by Crippen LogP contribution is 2.31. The van der Waals surface area contributed by atoms with Crippen molar-refractivity contribution in [3.8, 4) is 0 Å². The summed E-state index contributed by atoms with van der Waals surface area (Å²) in [7, 11) is 0. The summed E-state index contributed by atoms with van der Waals surface area (Å²) in [6.45, 7) is 4.48. The highest BCUT2D eigenvalue weighted by Gasteiger charge is 2.27. The van der Waals surface area contributed by atoms with Crippen LogP contribution in [-0.4, -0.2) is 29.1 Å². The van der Waals surface area contributed by atoms with Crippen molar-refractivity contribution >= 4 is 0 Å². The Kier molecular flexibility index (Phi) is 4.42. The van der Waals surface area contributed by atoms with Crippen molar-refractivity contribution in [3.05, 3.63) is 34.9 Å². The van der Waals surface area contributed by atoms with E-state index in [2.05, 4.69) is 30.0 Å². The number of piperidine rings is 1. The third kappa shape index (κ3) is 2.77. The summed E-state index contributed by atoms with van der Waals surface area (Å²) in [6.07, 6.45) is 8.49. The highest BCUT2D eigenvalue weighted by molar-refractivity contribution is 5.38. The van der Waals surface area contributed by atoms with Crippen LogP contribution in [0.1, 0.15) is 61.8 Å². The van der Waals surface area contributed by atoms with Gasteiger partial charge in [-0.05, 0) is 75.2 Å². The molecular formula is C18H27NO. The second kappa shape index (κ2) is 6.28. The Bertz CT molecular complexity index is 451. The quantitative estimate of drug-likeness (QED) is 0.911. The zero-order valence-corrected chi connectivity index (χ0v) is 12.6. The van der Waals surface area contributed by atoms with Crippen LogP contribution >= 0.6 is 0 Å². The summed E-state index contributed by atoms with van der Waals surface area (Å²) in [5.41, 5.74) is 4.11. The van der Waals surface area contributed by atoms with Crippen LogP contribution in [-0.2, 0) is 12.8 Å². The van der Waals surface area contributed by atoms with Crippen LogP contribution < -0.4 is 0 Å². The summed E-state index contributed by atoms with van der Waals surface area (Å²) in [5, 5.41) is 10.9. The fourth-order valence-electron chi connectivity index (χ4n) is 3.87. The number of hydrogen-bond donors (Lipinski definition) is 1. The number of fused-ring (bicyclic) bond motifs is 1. The third-order valence-corrected chi connectivity index (χ3v) is 5.17. The molecule has 1 aromatic carbocycles. The van der Waals surface area contributed by atoms with Gasteiger partial charge in [0.15, 0.2) is 0 Å². The average molecular weight is 273 g/mol. The average Bonchev–Trinajstić information content (AvgIpc) is 2.54. The number of aryl methyl sites for hydroxylation is 1. The Balaban J connectivity index is 1.80. The van der Waals surface area contributed by atoms with Crippen LogP contribution in [0.5, 0.6) is 0 Å².